The molecular weight excluding hydrogens is 330 g/mol. The van der Waals surface area contributed by atoms with Crippen LogP contribution in [0.4, 0.5) is 17.5 Å². The first kappa shape index (κ1) is 17.9. The molecule has 0 aliphatic rings. The number of aromatic nitrogens is 2. The molecule has 1 atom stereocenters. The zero-order chi connectivity index (χ0) is 17.9. The summed E-state index contributed by atoms with van der Waals surface area (Å²) in [7, 11) is 1.60. The molecule has 128 valence electrons. The number of halogens is 1. The van der Waals surface area contributed by atoms with Crippen LogP contribution < -0.4 is 11.5 Å². The molecule has 2 aromatic rings. The van der Waals surface area contributed by atoms with Gasteiger partial charge in [-0.25, -0.2) is 4.98 Å². The smallest absolute Gasteiger partial charge is 0.222 e. The van der Waals surface area contributed by atoms with E-state index in [9.17, 15) is 5.11 Å². The van der Waals surface area contributed by atoms with Gasteiger partial charge in [-0.2, -0.15) is 4.98 Å². The summed E-state index contributed by atoms with van der Waals surface area (Å²) < 4.78 is 0. The molecule has 0 fully saturated rings. The molecule has 0 amide bonds. The Morgan fingerprint density at radius 2 is 2.04 bits per heavy atom. The number of nitrogen functional groups attached to an aromatic ring is 2. The zero-order valence-corrected chi connectivity index (χ0v) is 14.5. The number of rotatable bonds is 5. The summed E-state index contributed by atoms with van der Waals surface area (Å²) in [6.07, 6.45) is -0.111. The van der Waals surface area contributed by atoms with E-state index < -0.39 is 6.23 Å². The normalized spacial score (nSPS) is 12.5. The Balaban J connectivity index is 2.49. The molecular formula is C15H20ClN7O. The summed E-state index contributed by atoms with van der Waals surface area (Å²) in [6, 6.07) is 5.25. The lowest BCUT2D eigenvalue weighted by Crippen LogP contribution is -2.22. The summed E-state index contributed by atoms with van der Waals surface area (Å²) in [6.45, 7) is 3.54. The maximum Gasteiger partial charge on any atom is 0.222 e. The Hall–Kier alpha value is -2.45. The van der Waals surface area contributed by atoms with Crippen LogP contribution in [0.3, 0.4) is 0 Å². The van der Waals surface area contributed by atoms with E-state index in [1.54, 1.807) is 26.1 Å². The lowest BCUT2D eigenvalue weighted by molar-refractivity contribution is 0.0347. The Labute approximate surface area is 145 Å². The molecule has 0 spiro atoms. The van der Waals surface area contributed by atoms with E-state index in [1.807, 2.05) is 13.0 Å². The number of hydrogen-bond donors (Lipinski definition) is 3. The molecule has 1 aromatic carbocycles. The number of anilines is 2. The molecule has 8 nitrogen and oxygen atoms in total. The number of nitrogens with zero attached hydrogens (tertiary/aromatic N) is 5. The Kier molecular flexibility index (Phi) is 5.53. The highest BCUT2D eigenvalue weighted by atomic mass is 35.5. The van der Waals surface area contributed by atoms with E-state index in [1.165, 1.54) is 5.01 Å². The molecule has 0 aliphatic carbocycles. The molecule has 24 heavy (non-hydrogen) atoms. The summed E-state index contributed by atoms with van der Waals surface area (Å²) >= 11 is 6.17. The van der Waals surface area contributed by atoms with Crippen LogP contribution in [0.15, 0.2) is 28.5 Å². The Morgan fingerprint density at radius 1 is 1.33 bits per heavy atom. The molecule has 1 heterocycles. The van der Waals surface area contributed by atoms with Crippen molar-refractivity contribution in [2.75, 3.05) is 18.5 Å². The van der Waals surface area contributed by atoms with Crippen molar-refractivity contribution in [1.29, 1.82) is 0 Å². The lowest BCUT2D eigenvalue weighted by Gasteiger charge is -2.14. The topological polar surface area (TPSA) is 126 Å². The van der Waals surface area contributed by atoms with Gasteiger partial charge in [-0.15, -0.1) is 5.11 Å². The van der Waals surface area contributed by atoms with E-state index in [0.717, 1.165) is 11.3 Å². The highest BCUT2D eigenvalue weighted by Crippen LogP contribution is 2.35. The van der Waals surface area contributed by atoms with Crippen LogP contribution in [0.1, 0.15) is 19.5 Å². The van der Waals surface area contributed by atoms with Crippen LogP contribution in [0.2, 0.25) is 5.02 Å². The van der Waals surface area contributed by atoms with Gasteiger partial charge >= 0.3 is 0 Å². The molecule has 0 saturated heterocycles. The zero-order valence-electron chi connectivity index (χ0n) is 13.7. The third-order valence-electron chi connectivity index (χ3n) is 3.43. The molecule has 0 aliphatic heterocycles. The third-order valence-corrected chi connectivity index (χ3v) is 3.75. The summed E-state index contributed by atoms with van der Waals surface area (Å²) in [5.41, 5.74) is 14.3. The van der Waals surface area contributed by atoms with E-state index in [2.05, 4.69) is 20.3 Å². The molecule has 2 rings (SSSR count). The van der Waals surface area contributed by atoms with Crippen molar-refractivity contribution < 1.29 is 5.11 Å². The van der Waals surface area contributed by atoms with Crippen LogP contribution in [-0.2, 0) is 6.42 Å². The van der Waals surface area contributed by atoms with Gasteiger partial charge in [0, 0.05) is 12.6 Å². The monoisotopic (exact) mass is 349 g/mol. The van der Waals surface area contributed by atoms with Gasteiger partial charge in [0.2, 0.25) is 5.95 Å². The molecule has 0 bridgehead atoms. The minimum atomic E-state index is -0.761. The fraction of sp³-hybridized carbons (Fsp3) is 0.333. The van der Waals surface area contributed by atoms with Gasteiger partial charge in [-0.3, -0.25) is 5.01 Å². The fourth-order valence-corrected chi connectivity index (χ4v) is 2.21. The molecule has 5 N–H and O–H groups in total. The van der Waals surface area contributed by atoms with E-state index in [0.29, 0.717) is 28.5 Å². The number of aliphatic hydroxyl groups is 1. The summed E-state index contributed by atoms with van der Waals surface area (Å²) in [5.74, 6) is 0.436. The molecule has 1 aromatic heterocycles. The lowest BCUT2D eigenvalue weighted by atomic mass is 10.0. The maximum atomic E-state index is 9.43. The van der Waals surface area contributed by atoms with Crippen LogP contribution in [-0.4, -0.2) is 33.4 Å². The minimum Gasteiger partial charge on any atom is -0.383 e. The van der Waals surface area contributed by atoms with Crippen LogP contribution >= 0.6 is 11.6 Å². The highest BCUT2D eigenvalue weighted by molar-refractivity contribution is 6.33. The van der Waals surface area contributed by atoms with E-state index in [-0.39, 0.29) is 5.95 Å². The van der Waals surface area contributed by atoms with Crippen molar-refractivity contribution in [2.45, 2.75) is 26.5 Å². The minimum absolute atomic E-state index is 0.139. The van der Waals surface area contributed by atoms with Crippen molar-refractivity contribution in [3.05, 3.63) is 28.9 Å². The van der Waals surface area contributed by atoms with Gasteiger partial charge in [0.1, 0.15) is 17.7 Å². The number of benzene rings is 1. The second-order valence-corrected chi connectivity index (χ2v) is 5.61. The number of aryl methyl sites for hydroxylation is 1. The van der Waals surface area contributed by atoms with Gasteiger partial charge in [-0.05, 0) is 31.0 Å². The summed E-state index contributed by atoms with van der Waals surface area (Å²) in [4.78, 5) is 8.26. The maximum absolute atomic E-state index is 9.43. The van der Waals surface area contributed by atoms with Gasteiger partial charge in [0.15, 0.2) is 0 Å². The standard InChI is InChI=1S/C15H20ClN7O/c1-4-11-13(14(17)20-15(18)19-11)9-5-6-10(16)12(7-9)21-22-23(3)8(2)24/h5-8,24H,4H2,1-3H3,(H4,17,18,19,20)/b22-21+. The number of aliphatic hydroxyl groups excluding tert-OH is 1. The second kappa shape index (κ2) is 7.41. The molecule has 0 saturated carbocycles. The van der Waals surface area contributed by atoms with Crippen molar-refractivity contribution in [3.63, 3.8) is 0 Å². The van der Waals surface area contributed by atoms with Gasteiger partial charge in [0.05, 0.1) is 10.7 Å². The largest absolute Gasteiger partial charge is 0.383 e. The van der Waals surface area contributed by atoms with Gasteiger partial charge < -0.3 is 16.6 Å². The average Bonchev–Trinajstić information content (AvgIpc) is 2.53. The van der Waals surface area contributed by atoms with Crippen LogP contribution in [0.5, 0.6) is 0 Å². The fourth-order valence-electron chi connectivity index (χ4n) is 2.05. The van der Waals surface area contributed by atoms with Crippen molar-refractivity contribution in [1.82, 2.24) is 15.0 Å². The van der Waals surface area contributed by atoms with Crippen LogP contribution in [0, 0.1) is 0 Å². The van der Waals surface area contributed by atoms with Crippen LogP contribution in [0.25, 0.3) is 11.1 Å². The second-order valence-electron chi connectivity index (χ2n) is 5.20. The van der Waals surface area contributed by atoms with E-state index in [4.69, 9.17) is 23.1 Å². The third kappa shape index (κ3) is 3.90. The molecule has 1 unspecified atom stereocenters. The predicted octanol–water partition coefficient (Wildman–Crippen LogP) is 2.79. The predicted molar refractivity (Wildman–Crippen MR) is 94.6 cm³/mol. The molecule has 0 radical (unpaired) electrons. The SMILES string of the molecule is CCc1nc(N)nc(N)c1-c1ccc(Cl)c(/N=N/N(C)C(C)O)c1. The first-order valence-electron chi connectivity index (χ1n) is 7.37. The summed E-state index contributed by atoms with van der Waals surface area (Å²) in [5, 5.41) is 19.1. The number of hydrogen-bond acceptors (Lipinski definition) is 7. The van der Waals surface area contributed by atoms with Crippen molar-refractivity contribution >= 4 is 29.1 Å². The Morgan fingerprint density at radius 3 is 2.67 bits per heavy atom. The quantitative estimate of drug-likeness (QED) is 0.433. The average molecular weight is 350 g/mol. The highest BCUT2D eigenvalue weighted by Gasteiger charge is 2.14. The first-order valence-corrected chi connectivity index (χ1v) is 7.75. The Bertz CT molecular complexity index is 764. The van der Waals surface area contributed by atoms with Gasteiger partial charge in [-0.1, -0.05) is 29.8 Å². The van der Waals surface area contributed by atoms with Crippen molar-refractivity contribution in [3.8, 4) is 11.1 Å². The number of nitrogens with two attached hydrogens (primary N) is 2. The van der Waals surface area contributed by atoms with Crippen molar-refractivity contribution in [2.24, 2.45) is 10.3 Å². The van der Waals surface area contributed by atoms with E-state index >= 15 is 0 Å². The first-order chi connectivity index (χ1) is 11.3. The molecule has 9 heteroatoms. The van der Waals surface area contributed by atoms with Gasteiger partial charge in [0.25, 0.3) is 0 Å².